The van der Waals surface area contributed by atoms with Crippen molar-refractivity contribution >= 4 is 40.0 Å². The molecule has 0 saturated heterocycles. The Morgan fingerprint density at radius 2 is 1.90 bits per heavy atom. The maximum absolute atomic E-state index is 13.2. The topological polar surface area (TPSA) is 62.7 Å². The lowest BCUT2D eigenvalue weighted by Crippen LogP contribution is -2.27. The Labute approximate surface area is 184 Å². The number of aromatic nitrogens is 3. The largest absolute Gasteiger partial charge is 0.435 e. The summed E-state index contributed by atoms with van der Waals surface area (Å²) in [6.45, 7) is 0.224. The Hall–Kier alpha value is -2.97. The summed E-state index contributed by atoms with van der Waals surface area (Å²) in [6, 6.07) is 12.6. The van der Waals surface area contributed by atoms with E-state index >= 15 is 0 Å². The summed E-state index contributed by atoms with van der Waals surface area (Å²) in [7, 11) is 0. The van der Waals surface area contributed by atoms with Crippen molar-refractivity contribution in [3.63, 3.8) is 0 Å². The highest BCUT2D eigenvalue weighted by Crippen LogP contribution is 2.31. The van der Waals surface area contributed by atoms with E-state index in [1.54, 1.807) is 0 Å². The average Bonchev–Trinajstić information content (AvgIpc) is 3.33. The number of amides is 1. The number of hydrogen-bond donors (Lipinski definition) is 2. The van der Waals surface area contributed by atoms with Crippen molar-refractivity contribution < 1.29 is 18.0 Å². The molecule has 0 aliphatic heterocycles. The van der Waals surface area contributed by atoms with Crippen LogP contribution in [0.2, 0.25) is 10.0 Å². The maximum atomic E-state index is 13.2. The van der Waals surface area contributed by atoms with Gasteiger partial charge in [-0.3, -0.25) is 4.79 Å². The first-order valence-electron chi connectivity index (χ1n) is 9.20. The minimum absolute atomic E-state index is 0.0668. The molecule has 0 spiro atoms. The van der Waals surface area contributed by atoms with Crippen molar-refractivity contribution in [1.82, 2.24) is 20.1 Å². The molecular weight excluding hydrogens is 452 g/mol. The molecule has 2 heterocycles. The van der Waals surface area contributed by atoms with Crippen LogP contribution in [0.25, 0.3) is 16.6 Å². The summed E-state index contributed by atoms with van der Waals surface area (Å²) in [5, 5.41) is 7.61. The van der Waals surface area contributed by atoms with Crippen LogP contribution in [0, 0.1) is 0 Å². The summed E-state index contributed by atoms with van der Waals surface area (Å²) in [6.07, 6.45) is -2.38. The molecule has 0 radical (unpaired) electrons. The molecule has 0 aliphatic carbocycles. The monoisotopic (exact) mass is 466 g/mol. The standard InChI is InChI=1S/C21H15Cl2F3N4O/c22-13-5-6-17(15(23)9-13)30-18(10-19(29-30)21(24,25)26)20(31)27-8-7-12-11-28-16-4-2-1-3-14(12)16/h1-6,9-11,28H,7-8H2,(H,27,31). The Bertz CT molecular complexity index is 1260. The van der Waals surface area contributed by atoms with Crippen LogP contribution in [0.3, 0.4) is 0 Å². The van der Waals surface area contributed by atoms with Crippen molar-refractivity contribution in [2.45, 2.75) is 12.6 Å². The molecule has 0 unspecified atom stereocenters. The number of alkyl halides is 3. The highest BCUT2D eigenvalue weighted by atomic mass is 35.5. The van der Waals surface area contributed by atoms with E-state index in [-0.39, 0.29) is 22.9 Å². The fourth-order valence-corrected chi connectivity index (χ4v) is 3.75. The first-order valence-corrected chi connectivity index (χ1v) is 9.95. The molecule has 2 aromatic heterocycles. The summed E-state index contributed by atoms with van der Waals surface area (Å²) in [5.74, 6) is -0.700. The van der Waals surface area contributed by atoms with Gasteiger partial charge < -0.3 is 10.3 Å². The van der Waals surface area contributed by atoms with Crippen LogP contribution < -0.4 is 5.32 Å². The Balaban J connectivity index is 1.58. The second-order valence-corrected chi connectivity index (χ2v) is 7.63. The number of carbonyl (C=O) groups excluding carboxylic acids is 1. The molecule has 4 rings (SSSR count). The van der Waals surface area contributed by atoms with E-state index in [0.717, 1.165) is 21.1 Å². The van der Waals surface area contributed by atoms with E-state index in [2.05, 4.69) is 15.4 Å². The fraction of sp³-hybridized carbons (Fsp3) is 0.143. The molecule has 0 saturated carbocycles. The van der Waals surface area contributed by atoms with Gasteiger partial charge in [-0.1, -0.05) is 41.4 Å². The van der Waals surface area contributed by atoms with Crippen LogP contribution in [-0.2, 0) is 12.6 Å². The predicted molar refractivity (Wildman–Crippen MR) is 113 cm³/mol. The number of benzene rings is 2. The first-order chi connectivity index (χ1) is 14.7. The minimum atomic E-state index is -4.72. The van der Waals surface area contributed by atoms with E-state index < -0.39 is 17.8 Å². The third kappa shape index (κ3) is 4.40. The van der Waals surface area contributed by atoms with Gasteiger partial charge in [-0.15, -0.1) is 0 Å². The molecule has 1 amide bonds. The molecule has 2 aromatic carbocycles. The molecule has 0 aliphatic rings. The highest BCUT2D eigenvalue weighted by Gasteiger charge is 2.36. The molecule has 31 heavy (non-hydrogen) atoms. The van der Waals surface area contributed by atoms with Crippen molar-refractivity contribution in [3.8, 4) is 5.69 Å². The number of carbonyl (C=O) groups is 1. The third-order valence-corrected chi connectivity index (χ3v) is 5.26. The second-order valence-electron chi connectivity index (χ2n) is 6.79. The quantitative estimate of drug-likeness (QED) is 0.399. The molecular formula is C21H15Cl2F3N4O. The zero-order valence-corrected chi connectivity index (χ0v) is 17.3. The number of aromatic amines is 1. The van der Waals surface area contributed by atoms with E-state index in [1.165, 1.54) is 18.2 Å². The first kappa shape index (κ1) is 21.3. The number of fused-ring (bicyclic) bond motifs is 1. The lowest BCUT2D eigenvalue weighted by Gasteiger charge is -2.10. The lowest BCUT2D eigenvalue weighted by molar-refractivity contribution is -0.141. The van der Waals surface area contributed by atoms with Crippen LogP contribution in [-0.4, -0.2) is 27.2 Å². The Morgan fingerprint density at radius 3 is 2.65 bits per heavy atom. The number of nitrogens with one attached hydrogen (secondary N) is 2. The second kappa shape index (κ2) is 8.28. The van der Waals surface area contributed by atoms with Gasteiger partial charge in [0.25, 0.3) is 5.91 Å². The highest BCUT2D eigenvalue weighted by molar-refractivity contribution is 6.35. The molecule has 160 valence electrons. The van der Waals surface area contributed by atoms with Gasteiger partial charge >= 0.3 is 6.18 Å². The lowest BCUT2D eigenvalue weighted by atomic mass is 10.1. The number of hydrogen-bond acceptors (Lipinski definition) is 2. The SMILES string of the molecule is O=C(NCCc1c[nH]c2ccccc12)c1cc(C(F)(F)F)nn1-c1ccc(Cl)cc1Cl. The molecule has 10 heteroatoms. The van der Waals surface area contributed by atoms with E-state index in [0.29, 0.717) is 17.5 Å². The molecule has 4 aromatic rings. The summed E-state index contributed by atoms with van der Waals surface area (Å²) < 4.78 is 40.6. The van der Waals surface area contributed by atoms with Crippen molar-refractivity contribution in [2.24, 2.45) is 0 Å². The van der Waals surface area contributed by atoms with Crippen LogP contribution in [0.15, 0.2) is 54.7 Å². The number of nitrogens with zero attached hydrogens (tertiary/aromatic N) is 2. The van der Waals surface area contributed by atoms with E-state index in [1.807, 2.05) is 30.5 Å². The smallest absolute Gasteiger partial charge is 0.361 e. The van der Waals surface area contributed by atoms with Gasteiger partial charge in [-0.05, 0) is 36.2 Å². The minimum Gasteiger partial charge on any atom is -0.361 e. The van der Waals surface area contributed by atoms with Gasteiger partial charge in [-0.2, -0.15) is 18.3 Å². The number of para-hydroxylation sites is 1. The predicted octanol–water partition coefficient (Wildman–Crippen LogP) is 5.65. The maximum Gasteiger partial charge on any atom is 0.435 e. The van der Waals surface area contributed by atoms with Crippen molar-refractivity contribution in [3.05, 3.63) is 81.7 Å². The normalized spacial score (nSPS) is 11.8. The molecule has 0 bridgehead atoms. The van der Waals surface area contributed by atoms with E-state index in [4.69, 9.17) is 23.2 Å². The summed E-state index contributed by atoms with van der Waals surface area (Å²) >= 11 is 12.0. The Kier molecular flexibility index (Phi) is 5.68. The summed E-state index contributed by atoms with van der Waals surface area (Å²) in [5.41, 5.74) is 0.592. The van der Waals surface area contributed by atoms with Crippen molar-refractivity contribution in [1.29, 1.82) is 0 Å². The van der Waals surface area contributed by atoms with Gasteiger partial charge in [0.15, 0.2) is 5.69 Å². The number of halogens is 5. The fourth-order valence-electron chi connectivity index (χ4n) is 3.26. The van der Waals surface area contributed by atoms with Gasteiger partial charge in [-0.25, -0.2) is 4.68 Å². The Morgan fingerprint density at radius 1 is 1.13 bits per heavy atom. The number of rotatable bonds is 5. The summed E-state index contributed by atoms with van der Waals surface area (Å²) in [4.78, 5) is 15.9. The third-order valence-electron chi connectivity index (χ3n) is 4.73. The molecule has 2 N–H and O–H groups in total. The molecule has 0 fully saturated rings. The molecule has 5 nitrogen and oxygen atoms in total. The van der Waals surface area contributed by atoms with Crippen LogP contribution in [0.1, 0.15) is 21.7 Å². The van der Waals surface area contributed by atoms with Gasteiger partial charge in [0.1, 0.15) is 5.69 Å². The van der Waals surface area contributed by atoms with Crippen LogP contribution in [0.4, 0.5) is 13.2 Å². The van der Waals surface area contributed by atoms with Crippen LogP contribution in [0.5, 0.6) is 0 Å². The zero-order chi connectivity index (χ0) is 22.2. The average molecular weight is 467 g/mol. The van der Waals surface area contributed by atoms with Crippen molar-refractivity contribution in [2.75, 3.05) is 6.54 Å². The van der Waals surface area contributed by atoms with Gasteiger partial charge in [0.05, 0.1) is 10.7 Å². The van der Waals surface area contributed by atoms with Gasteiger partial charge in [0.2, 0.25) is 0 Å². The van der Waals surface area contributed by atoms with Gasteiger partial charge in [0, 0.05) is 34.7 Å². The number of H-pyrrole nitrogens is 1. The zero-order valence-electron chi connectivity index (χ0n) is 15.8. The van der Waals surface area contributed by atoms with Crippen LogP contribution >= 0.6 is 23.2 Å². The molecule has 0 atom stereocenters. The van der Waals surface area contributed by atoms with E-state index in [9.17, 15) is 18.0 Å².